The minimum absolute atomic E-state index is 0. The zero-order valence-electron chi connectivity index (χ0n) is 16.4. The van der Waals surface area contributed by atoms with E-state index < -0.39 is 11.4 Å². The molecule has 0 unspecified atom stereocenters. The summed E-state index contributed by atoms with van der Waals surface area (Å²) in [5.74, 6) is 0. The second-order valence-electron chi connectivity index (χ2n) is 3.72. The Hall–Kier alpha value is 2.20. The standard InChI is InChI=1S/2C4H11O2PS2.2C2H8N2.Cu/c2*1-3-5-7(8,9)6-4-2;2*3-1-2-4;/h2*3-4H2,1-2H3,(H,8,9);2*1-4H2;/q;;;;+2/p-2. The molecule has 0 spiro atoms. The van der Waals surface area contributed by atoms with Crippen molar-refractivity contribution < 1.29 is 35.2 Å². The van der Waals surface area contributed by atoms with Crippen molar-refractivity contribution in [2.45, 2.75) is 27.7 Å². The largest absolute Gasteiger partial charge is 2.00 e. The van der Waals surface area contributed by atoms with Gasteiger partial charge in [-0.05, 0) is 27.7 Å². The molecule has 173 valence electrons. The molecule has 0 saturated heterocycles. The van der Waals surface area contributed by atoms with Gasteiger partial charge >= 0.3 is 17.1 Å². The van der Waals surface area contributed by atoms with Gasteiger partial charge in [-0.2, -0.15) is 0 Å². The van der Waals surface area contributed by atoms with Crippen molar-refractivity contribution in [1.82, 2.24) is 0 Å². The summed E-state index contributed by atoms with van der Waals surface area (Å²) in [6.45, 7) is 12.0. The first-order chi connectivity index (χ1) is 12.1. The van der Waals surface area contributed by atoms with Gasteiger partial charge in [-0.3, -0.25) is 0 Å². The molecule has 0 heterocycles. The normalized spacial score (nSPS) is 10.1. The first-order valence-corrected chi connectivity index (χ1v) is 15.4. The average Bonchev–Trinajstić information content (AvgIpc) is 2.55. The molecular weight excluding hydrogens is 518 g/mol. The van der Waals surface area contributed by atoms with Gasteiger partial charge in [-0.25, -0.2) is 0 Å². The molecule has 8 nitrogen and oxygen atoms in total. The molecule has 0 aromatic rings. The van der Waals surface area contributed by atoms with Gasteiger partial charge in [-0.1, -0.05) is 23.6 Å². The fourth-order valence-electron chi connectivity index (χ4n) is 0.707. The van der Waals surface area contributed by atoms with Gasteiger partial charge in [0.05, 0.1) is 11.4 Å². The summed E-state index contributed by atoms with van der Waals surface area (Å²) in [4.78, 5) is 0. The predicted molar refractivity (Wildman–Crippen MR) is 126 cm³/mol. The van der Waals surface area contributed by atoms with E-state index in [0.717, 1.165) is 0 Å². The van der Waals surface area contributed by atoms with E-state index >= 15 is 0 Å². The van der Waals surface area contributed by atoms with Crippen molar-refractivity contribution in [3.05, 3.63) is 0 Å². The maximum absolute atomic E-state index is 4.99. The Labute approximate surface area is 197 Å². The van der Waals surface area contributed by atoms with Gasteiger partial charge in [0.15, 0.2) is 0 Å². The van der Waals surface area contributed by atoms with Crippen LogP contribution in [0.3, 0.4) is 0 Å². The number of rotatable bonds is 10. The summed E-state index contributed by atoms with van der Waals surface area (Å²) < 4.78 is 20.0. The van der Waals surface area contributed by atoms with Crippen LogP contribution in [-0.4, -0.2) is 52.6 Å². The van der Waals surface area contributed by atoms with E-state index in [1.54, 1.807) is 0 Å². The molecular formula is C12H36CuN4O4P2S4. The van der Waals surface area contributed by atoms with Gasteiger partial charge in [0.25, 0.3) is 0 Å². The van der Waals surface area contributed by atoms with Crippen molar-refractivity contribution in [2.75, 3.05) is 52.6 Å². The fourth-order valence-corrected chi connectivity index (χ4v) is 4.65. The van der Waals surface area contributed by atoms with Crippen LogP contribution in [0.25, 0.3) is 0 Å². The Kier molecular flexibility index (Phi) is 44.6. The molecule has 0 atom stereocenters. The van der Waals surface area contributed by atoms with Gasteiger partial charge in [-0.15, -0.1) is 0 Å². The molecule has 8 N–H and O–H groups in total. The summed E-state index contributed by atoms with van der Waals surface area (Å²) >= 11 is 19.3. The molecule has 0 amide bonds. The molecule has 0 aliphatic carbocycles. The third kappa shape index (κ3) is 47.4. The molecule has 0 aromatic carbocycles. The Morgan fingerprint density at radius 1 is 0.593 bits per heavy atom. The smallest absolute Gasteiger partial charge is 0.691 e. The van der Waals surface area contributed by atoms with Crippen molar-refractivity contribution >= 4 is 59.5 Å². The van der Waals surface area contributed by atoms with Crippen molar-refractivity contribution in [3.63, 3.8) is 0 Å². The van der Waals surface area contributed by atoms with Crippen LogP contribution in [0.1, 0.15) is 27.7 Å². The maximum atomic E-state index is 4.99. The fraction of sp³-hybridized carbons (Fsp3) is 1.00. The van der Waals surface area contributed by atoms with E-state index in [1.807, 2.05) is 27.7 Å². The molecule has 27 heavy (non-hydrogen) atoms. The Bertz CT molecular complexity index is 311. The van der Waals surface area contributed by atoms with Crippen LogP contribution >= 0.6 is 11.4 Å². The van der Waals surface area contributed by atoms with Gasteiger partial charge in [0.2, 0.25) is 0 Å². The number of hydrogen-bond acceptors (Lipinski definition) is 12. The molecule has 1 radical (unpaired) electrons. The second kappa shape index (κ2) is 30.4. The minimum atomic E-state index is -2.28. The van der Waals surface area contributed by atoms with E-state index in [1.165, 1.54) is 0 Å². The van der Waals surface area contributed by atoms with Crippen LogP contribution in [0.15, 0.2) is 0 Å². The molecule has 0 rings (SSSR count). The van der Waals surface area contributed by atoms with Crippen LogP contribution in [0.5, 0.6) is 0 Å². The van der Waals surface area contributed by atoms with Gasteiger partial charge in [0, 0.05) is 52.6 Å². The Balaban J connectivity index is -0.0000000843. The van der Waals surface area contributed by atoms with E-state index in [0.29, 0.717) is 52.6 Å². The Morgan fingerprint density at radius 3 is 0.815 bits per heavy atom. The first kappa shape index (κ1) is 39.7. The van der Waals surface area contributed by atoms with Crippen LogP contribution in [0.4, 0.5) is 0 Å². The summed E-state index contributed by atoms with van der Waals surface area (Å²) in [6, 6.07) is 0. The third-order valence-electron chi connectivity index (χ3n) is 1.48. The van der Waals surface area contributed by atoms with E-state index in [9.17, 15) is 0 Å². The third-order valence-corrected chi connectivity index (χ3v) is 6.31. The quantitative estimate of drug-likeness (QED) is 0.177. The second-order valence-corrected chi connectivity index (χ2v) is 13.7. The van der Waals surface area contributed by atoms with E-state index in [-0.39, 0.29) is 17.1 Å². The molecule has 0 saturated carbocycles. The van der Waals surface area contributed by atoms with Crippen molar-refractivity contribution in [1.29, 1.82) is 0 Å². The predicted octanol–water partition coefficient (Wildman–Crippen LogP) is 1.47. The molecule has 0 bridgehead atoms. The van der Waals surface area contributed by atoms with Crippen LogP contribution < -0.4 is 22.9 Å². The maximum Gasteiger partial charge on any atom is 2.00 e. The van der Waals surface area contributed by atoms with Crippen LogP contribution in [0, 0.1) is 0 Å². The molecule has 0 aromatic heterocycles. The van der Waals surface area contributed by atoms with Gasteiger partial charge < -0.3 is 65.5 Å². The van der Waals surface area contributed by atoms with Crippen LogP contribution in [-0.2, 0) is 83.3 Å². The number of hydrogen-bond donors (Lipinski definition) is 4. The molecule has 0 aliphatic heterocycles. The molecule has 0 fully saturated rings. The SMILES string of the molecule is CCOP(=S)([S-])OCC.CCOP(=S)([S-])OCC.NCCN.NCCN.[Cu+2]. The number of nitrogens with two attached hydrogens (primary N) is 4. The van der Waals surface area contributed by atoms with Crippen molar-refractivity contribution in [2.24, 2.45) is 22.9 Å². The summed E-state index contributed by atoms with van der Waals surface area (Å²) in [5, 5.41) is 0. The molecule has 15 heteroatoms. The first-order valence-electron chi connectivity index (χ1n) is 8.08. The Morgan fingerprint density at radius 2 is 0.741 bits per heavy atom. The zero-order chi connectivity index (χ0) is 21.5. The summed E-state index contributed by atoms with van der Waals surface area (Å²) in [5.41, 5.74) is 15.1. The minimum Gasteiger partial charge on any atom is -0.691 e. The van der Waals surface area contributed by atoms with Crippen molar-refractivity contribution in [3.8, 4) is 0 Å². The van der Waals surface area contributed by atoms with E-state index in [4.69, 9.17) is 89.1 Å². The van der Waals surface area contributed by atoms with Gasteiger partial charge in [0.1, 0.15) is 0 Å². The zero-order valence-corrected chi connectivity index (χ0v) is 22.4. The summed E-state index contributed by atoms with van der Waals surface area (Å²) in [6.07, 6.45) is 0. The molecule has 0 aliphatic rings. The monoisotopic (exact) mass is 553 g/mol. The van der Waals surface area contributed by atoms with Crippen LogP contribution in [0.2, 0.25) is 0 Å². The average molecular weight is 554 g/mol. The summed E-state index contributed by atoms with van der Waals surface area (Å²) in [7, 11) is 0. The topological polar surface area (TPSA) is 141 Å². The van der Waals surface area contributed by atoms with E-state index in [2.05, 4.69) is 0 Å².